The molecule has 2 aliphatic rings. The van der Waals surface area contributed by atoms with E-state index in [1.165, 1.54) is 95.5 Å². The molecule has 0 N–H and O–H groups in total. The minimum Gasteiger partial charge on any atom is -0.287 e. The lowest BCUT2D eigenvalue weighted by Gasteiger charge is -2.38. The van der Waals surface area contributed by atoms with Crippen LogP contribution in [0.5, 0.6) is 0 Å². The second-order valence-electron chi connectivity index (χ2n) is 10.4. The summed E-state index contributed by atoms with van der Waals surface area (Å²) in [7, 11) is 0. The predicted molar refractivity (Wildman–Crippen MR) is 125 cm³/mol. The summed E-state index contributed by atoms with van der Waals surface area (Å²) in [4.78, 5) is 11.7. The van der Waals surface area contributed by atoms with E-state index >= 15 is 0 Å². The molecule has 0 unspecified atom stereocenters. The van der Waals surface area contributed by atoms with E-state index in [9.17, 15) is 13.6 Å². The molecular weight excluding hydrogens is 390 g/mol. The molecule has 2 fully saturated rings. The lowest BCUT2D eigenvalue weighted by atomic mass is 9.68. The number of alkyl halides is 2. The first-order valence-corrected chi connectivity index (χ1v) is 12.9. The van der Waals surface area contributed by atoms with Crippen molar-refractivity contribution in [3.8, 4) is 0 Å². The highest BCUT2D eigenvalue weighted by Gasteiger charge is 2.34. The number of halogens is 2. The van der Waals surface area contributed by atoms with Crippen LogP contribution in [-0.2, 0) is 0 Å². The number of hydrogen-bond donors (Lipinski definition) is 0. The zero-order valence-corrected chi connectivity index (χ0v) is 19.7. The van der Waals surface area contributed by atoms with Gasteiger partial charge in [-0.2, -0.15) is 8.78 Å². The Labute approximate surface area is 188 Å². The van der Waals surface area contributed by atoms with Crippen molar-refractivity contribution in [3.05, 3.63) is 35.4 Å². The minimum atomic E-state index is -3.30. The molecule has 0 aromatic heterocycles. The van der Waals surface area contributed by atoms with E-state index in [1.54, 1.807) is 12.1 Å². The third kappa shape index (κ3) is 7.12. The molecule has 2 aliphatic carbocycles. The number of unbranched alkanes of at least 4 members (excludes halogenated alkanes) is 4. The summed E-state index contributed by atoms with van der Waals surface area (Å²) in [6.07, 6.45) is 19.2. The molecule has 1 aromatic carbocycles. The summed E-state index contributed by atoms with van der Waals surface area (Å²) in [5.41, 5.74) is 1.33. The molecule has 1 aromatic rings. The summed E-state index contributed by atoms with van der Waals surface area (Å²) in [6.45, 7) is 2.95. The van der Waals surface area contributed by atoms with Gasteiger partial charge in [0.05, 0.1) is 0 Å². The molecule has 0 amide bonds. The largest absolute Gasteiger partial charge is 0.307 e. The summed E-state index contributed by atoms with van der Waals surface area (Å²) < 4.78 is 26.5. The lowest BCUT2D eigenvalue weighted by Crippen LogP contribution is -2.25. The third-order valence-corrected chi connectivity index (χ3v) is 8.09. The number of hydrogen-bond acceptors (Lipinski definition) is 1. The maximum Gasteiger partial charge on any atom is 0.307 e. The van der Waals surface area contributed by atoms with Gasteiger partial charge in [0.1, 0.15) is 0 Å². The highest BCUT2D eigenvalue weighted by molar-refractivity contribution is 6.01. The van der Waals surface area contributed by atoms with Crippen molar-refractivity contribution in [2.75, 3.05) is 0 Å². The van der Waals surface area contributed by atoms with Crippen LogP contribution >= 0.6 is 0 Å². The summed E-state index contributed by atoms with van der Waals surface area (Å²) in [5, 5.41) is 0. The van der Waals surface area contributed by atoms with Crippen LogP contribution in [0.15, 0.2) is 24.3 Å². The van der Waals surface area contributed by atoms with E-state index in [2.05, 4.69) is 6.92 Å². The van der Waals surface area contributed by atoms with Crippen molar-refractivity contribution in [2.24, 2.45) is 17.8 Å². The Bertz CT molecular complexity index is 659. The predicted octanol–water partition coefficient (Wildman–Crippen LogP) is 8.97. The van der Waals surface area contributed by atoms with Gasteiger partial charge in [0.25, 0.3) is 0 Å². The van der Waals surface area contributed by atoms with Gasteiger partial charge in [-0.25, -0.2) is 0 Å². The van der Waals surface area contributed by atoms with Crippen LogP contribution in [0.2, 0.25) is 0 Å². The van der Waals surface area contributed by atoms with Crippen molar-refractivity contribution in [2.45, 2.75) is 116 Å². The Morgan fingerprint density at radius 3 is 1.94 bits per heavy atom. The molecule has 31 heavy (non-hydrogen) atoms. The molecule has 2 saturated carbocycles. The van der Waals surface area contributed by atoms with E-state index in [4.69, 9.17) is 0 Å². The van der Waals surface area contributed by atoms with Gasteiger partial charge in [0.15, 0.2) is 0 Å². The second-order valence-corrected chi connectivity index (χ2v) is 10.4. The highest BCUT2D eigenvalue weighted by atomic mass is 19.3. The molecule has 0 atom stereocenters. The molecule has 3 heteroatoms. The number of benzene rings is 1. The topological polar surface area (TPSA) is 17.1 Å². The average Bonchev–Trinajstić information content (AvgIpc) is 2.78. The maximum absolute atomic E-state index is 13.3. The van der Waals surface area contributed by atoms with Gasteiger partial charge in [0.2, 0.25) is 5.78 Å². The minimum absolute atomic E-state index is 0.118. The number of rotatable bonds is 10. The number of carbonyl (C=O) groups excluding carboxylic acids is 1. The molecular formula is C28H42F2O. The van der Waals surface area contributed by atoms with Crippen molar-refractivity contribution in [1.82, 2.24) is 0 Å². The van der Waals surface area contributed by atoms with Crippen LogP contribution in [0.3, 0.4) is 0 Å². The fourth-order valence-electron chi connectivity index (χ4n) is 6.07. The zero-order chi connectivity index (χ0) is 22.3. The van der Waals surface area contributed by atoms with Gasteiger partial charge in [-0.15, -0.1) is 0 Å². The molecule has 1 nitrogen and oxygen atoms in total. The number of ketones is 1. The Hall–Kier alpha value is -1.25. The van der Waals surface area contributed by atoms with Gasteiger partial charge in [0, 0.05) is 12.5 Å². The maximum atomic E-state index is 13.3. The van der Waals surface area contributed by atoms with Gasteiger partial charge in [-0.1, -0.05) is 82.6 Å². The molecule has 0 heterocycles. The van der Waals surface area contributed by atoms with E-state index in [0.717, 1.165) is 17.8 Å². The van der Waals surface area contributed by atoms with Crippen molar-refractivity contribution >= 4 is 5.78 Å². The van der Waals surface area contributed by atoms with Gasteiger partial charge in [-0.3, -0.25) is 4.79 Å². The second kappa shape index (κ2) is 11.6. The molecule has 0 saturated heterocycles. The van der Waals surface area contributed by atoms with Gasteiger partial charge in [-0.05, 0) is 67.8 Å². The summed E-state index contributed by atoms with van der Waals surface area (Å²) in [5.74, 6) is -1.09. The molecule has 0 bridgehead atoms. The Balaban J connectivity index is 1.39. The van der Waals surface area contributed by atoms with Crippen LogP contribution in [-0.4, -0.2) is 11.7 Å². The lowest BCUT2D eigenvalue weighted by molar-refractivity contribution is 0.0221. The van der Waals surface area contributed by atoms with Crippen molar-refractivity contribution in [1.29, 1.82) is 0 Å². The fourth-order valence-corrected chi connectivity index (χ4v) is 6.07. The SMILES string of the molecule is CCCCCCC[C@H]1CC[C@H](C2CCC(c3ccc(C(=O)C(C)(F)F)cc3)CC2)CC1. The Morgan fingerprint density at radius 2 is 1.39 bits per heavy atom. The number of Topliss-reactive ketones (excluding diaryl/α,β-unsaturated/α-hetero) is 1. The monoisotopic (exact) mass is 432 g/mol. The first-order valence-electron chi connectivity index (χ1n) is 12.9. The average molecular weight is 433 g/mol. The summed E-state index contributed by atoms with van der Waals surface area (Å²) >= 11 is 0. The van der Waals surface area contributed by atoms with Crippen LogP contribution in [0.25, 0.3) is 0 Å². The van der Waals surface area contributed by atoms with Crippen molar-refractivity contribution < 1.29 is 13.6 Å². The van der Waals surface area contributed by atoms with Crippen molar-refractivity contribution in [3.63, 3.8) is 0 Å². The van der Waals surface area contributed by atoms with E-state index < -0.39 is 11.7 Å². The van der Waals surface area contributed by atoms with Gasteiger partial charge >= 0.3 is 5.92 Å². The first-order chi connectivity index (χ1) is 14.9. The zero-order valence-electron chi connectivity index (χ0n) is 19.7. The fraction of sp³-hybridized carbons (Fsp3) is 0.750. The number of carbonyl (C=O) groups is 1. The quantitative estimate of drug-likeness (QED) is 0.266. The third-order valence-electron chi connectivity index (χ3n) is 8.09. The normalized spacial score (nSPS) is 27.2. The molecule has 3 rings (SSSR count). The standard InChI is InChI=1S/C28H42F2O/c1-3-4-5-6-7-8-21-9-11-22(12-10-21)23-13-15-24(16-14-23)25-17-19-26(20-18-25)27(31)28(2,29)30/h17-24H,3-16H2,1-2H3/t21-,22-,23?,24?. The molecule has 0 spiro atoms. The smallest absolute Gasteiger partial charge is 0.287 e. The van der Waals surface area contributed by atoms with E-state index in [0.29, 0.717) is 12.8 Å². The molecule has 0 aliphatic heterocycles. The van der Waals surface area contributed by atoms with E-state index in [1.807, 2.05) is 12.1 Å². The van der Waals surface area contributed by atoms with Crippen LogP contribution < -0.4 is 0 Å². The van der Waals surface area contributed by atoms with E-state index in [-0.39, 0.29) is 5.56 Å². The Kier molecular flexibility index (Phi) is 9.10. The summed E-state index contributed by atoms with van der Waals surface area (Å²) in [6, 6.07) is 6.97. The highest BCUT2D eigenvalue weighted by Crippen LogP contribution is 2.44. The van der Waals surface area contributed by atoms with Crippen LogP contribution in [0.1, 0.15) is 126 Å². The van der Waals surface area contributed by atoms with Crippen LogP contribution in [0.4, 0.5) is 8.78 Å². The van der Waals surface area contributed by atoms with Gasteiger partial charge < -0.3 is 0 Å². The molecule has 174 valence electrons. The first kappa shape index (κ1) is 24.4. The Morgan fingerprint density at radius 1 is 0.839 bits per heavy atom. The van der Waals surface area contributed by atoms with Crippen LogP contribution in [0, 0.1) is 17.8 Å². The molecule has 0 radical (unpaired) electrons.